The van der Waals surface area contributed by atoms with Crippen molar-refractivity contribution in [3.8, 4) is 11.3 Å². The fourth-order valence-corrected chi connectivity index (χ4v) is 2.08. The van der Waals surface area contributed by atoms with Gasteiger partial charge >= 0.3 is 0 Å². The molecule has 0 radical (unpaired) electrons. The summed E-state index contributed by atoms with van der Waals surface area (Å²) in [5.41, 5.74) is 4.01. The molecule has 1 N–H and O–H groups in total. The summed E-state index contributed by atoms with van der Waals surface area (Å²) in [5.74, 6) is 0. The van der Waals surface area contributed by atoms with E-state index in [1.54, 1.807) is 6.20 Å². The van der Waals surface area contributed by atoms with E-state index in [2.05, 4.69) is 36.9 Å². The summed E-state index contributed by atoms with van der Waals surface area (Å²) >= 11 is 3.32. The number of benzene rings is 1. The van der Waals surface area contributed by atoms with Crippen molar-refractivity contribution in [1.29, 1.82) is 0 Å². The Labute approximate surface area is 101 Å². The first kappa shape index (κ1) is 9.54. The van der Waals surface area contributed by atoms with Crippen molar-refractivity contribution in [2.24, 2.45) is 0 Å². The lowest BCUT2D eigenvalue weighted by Gasteiger charge is -1.99. The molecular formula is C12H8BrN3. The van der Waals surface area contributed by atoms with Crippen LogP contribution in [0.3, 0.4) is 0 Å². The highest BCUT2D eigenvalue weighted by Crippen LogP contribution is 2.22. The first-order valence-electron chi connectivity index (χ1n) is 4.89. The second-order valence-corrected chi connectivity index (χ2v) is 4.23. The number of rotatable bonds is 1. The maximum Gasteiger partial charge on any atom is 0.175 e. The van der Waals surface area contributed by atoms with Gasteiger partial charge in [0, 0.05) is 11.8 Å². The van der Waals surface area contributed by atoms with Gasteiger partial charge in [-0.2, -0.15) is 0 Å². The zero-order valence-electron chi connectivity index (χ0n) is 8.31. The lowest BCUT2D eigenvalue weighted by Crippen LogP contribution is -1.81. The highest BCUT2D eigenvalue weighted by atomic mass is 79.9. The topological polar surface area (TPSA) is 41.6 Å². The molecule has 3 nitrogen and oxygen atoms in total. The fraction of sp³-hybridized carbons (Fsp3) is 0. The van der Waals surface area contributed by atoms with Crippen molar-refractivity contribution in [1.82, 2.24) is 15.0 Å². The van der Waals surface area contributed by atoms with E-state index in [0.717, 1.165) is 27.0 Å². The molecule has 2 heterocycles. The third-order valence-corrected chi connectivity index (χ3v) is 2.79. The quantitative estimate of drug-likeness (QED) is 0.739. The Hall–Kier alpha value is -1.68. The molecule has 0 aliphatic carbocycles. The molecule has 2 aromatic heterocycles. The summed E-state index contributed by atoms with van der Waals surface area (Å²) < 4.78 is 0.751. The Morgan fingerprint density at radius 2 is 2.06 bits per heavy atom. The van der Waals surface area contributed by atoms with Gasteiger partial charge < -0.3 is 4.98 Å². The summed E-state index contributed by atoms with van der Waals surface area (Å²) in [6.07, 6.45) is 1.79. The van der Waals surface area contributed by atoms with E-state index in [1.165, 1.54) is 0 Å². The second kappa shape index (κ2) is 3.72. The average Bonchev–Trinajstić information content (AvgIpc) is 2.69. The van der Waals surface area contributed by atoms with Gasteiger partial charge in [-0.15, -0.1) is 0 Å². The Bertz CT molecular complexity index is 631. The average molecular weight is 274 g/mol. The van der Waals surface area contributed by atoms with Crippen LogP contribution in [0.25, 0.3) is 22.3 Å². The molecule has 0 bridgehead atoms. The van der Waals surface area contributed by atoms with Gasteiger partial charge in [0.2, 0.25) is 0 Å². The normalized spacial score (nSPS) is 10.8. The fourth-order valence-electron chi connectivity index (χ4n) is 1.67. The van der Waals surface area contributed by atoms with E-state index in [-0.39, 0.29) is 0 Å². The molecule has 0 spiro atoms. The predicted molar refractivity (Wildman–Crippen MR) is 67.0 cm³/mol. The van der Waals surface area contributed by atoms with E-state index in [4.69, 9.17) is 0 Å². The van der Waals surface area contributed by atoms with Gasteiger partial charge in [0.15, 0.2) is 4.73 Å². The number of hydrogen-bond acceptors (Lipinski definition) is 2. The predicted octanol–water partition coefficient (Wildman–Crippen LogP) is 3.39. The summed E-state index contributed by atoms with van der Waals surface area (Å²) in [4.78, 5) is 11.8. The lowest BCUT2D eigenvalue weighted by molar-refractivity contribution is 1.27. The van der Waals surface area contributed by atoms with Crippen LogP contribution in [-0.2, 0) is 0 Å². The lowest BCUT2D eigenvalue weighted by atomic mass is 10.1. The second-order valence-electron chi connectivity index (χ2n) is 3.47. The Kier molecular flexibility index (Phi) is 2.22. The van der Waals surface area contributed by atoms with E-state index in [0.29, 0.717) is 0 Å². The molecule has 3 aromatic rings. The number of nitrogens with zero attached hydrogens (tertiary/aromatic N) is 2. The van der Waals surface area contributed by atoms with Crippen LogP contribution in [0.4, 0.5) is 0 Å². The smallest absolute Gasteiger partial charge is 0.175 e. The number of nitrogens with one attached hydrogen (secondary N) is 1. The number of hydrogen-bond donors (Lipinski definition) is 1. The molecule has 0 saturated carbocycles. The molecule has 78 valence electrons. The highest BCUT2D eigenvalue weighted by Gasteiger charge is 2.03. The van der Waals surface area contributed by atoms with Crippen LogP contribution in [0.1, 0.15) is 0 Å². The van der Waals surface area contributed by atoms with E-state index >= 15 is 0 Å². The molecule has 0 amide bonds. The van der Waals surface area contributed by atoms with E-state index in [9.17, 15) is 0 Å². The van der Waals surface area contributed by atoms with Crippen LogP contribution in [-0.4, -0.2) is 15.0 Å². The molecule has 3 rings (SSSR count). The monoisotopic (exact) mass is 273 g/mol. The van der Waals surface area contributed by atoms with Gasteiger partial charge in [0.25, 0.3) is 0 Å². The zero-order chi connectivity index (χ0) is 11.0. The van der Waals surface area contributed by atoms with Crippen molar-refractivity contribution in [3.63, 3.8) is 0 Å². The minimum absolute atomic E-state index is 0.751. The van der Waals surface area contributed by atoms with Gasteiger partial charge in [0.1, 0.15) is 0 Å². The Morgan fingerprint density at radius 3 is 2.88 bits per heavy atom. The summed E-state index contributed by atoms with van der Waals surface area (Å²) in [7, 11) is 0. The van der Waals surface area contributed by atoms with Gasteiger partial charge in [-0.3, -0.25) is 4.98 Å². The first-order valence-corrected chi connectivity index (χ1v) is 5.69. The molecule has 1 aromatic carbocycles. The van der Waals surface area contributed by atoms with E-state index in [1.807, 2.05) is 30.3 Å². The van der Waals surface area contributed by atoms with Gasteiger partial charge in [-0.05, 0) is 40.2 Å². The molecular weight excluding hydrogens is 266 g/mol. The highest BCUT2D eigenvalue weighted by molar-refractivity contribution is 9.10. The third kappa shape index (κ3) is 1.61. The largest absolute Gasteiger partial charge is 0.332 e. The van der Waals surface area contributed by atoms with Crippen molar-refractivity contribution in [2.45, 2.75) is 0 Å². The number of fused-ring (bicyclic) bond motifs is 1. The summed E-state index contributed by atoms with van der Waals surface area (Å²) in [6.45, 7) is 0. The Balaban J connectivity index is 2.18. The van der Waals surface area contributed by atoms with Crippen LogP contribution in [0.5, 0.6) is 0 Å². The minimum Gasteiger partial charge on any atom is -0.332 e. The van der Waals surface area contributed by atoms with Crippen molar-refractivity contribution < 1.29 is 0 Å². The standard InChI is InChI=1S/C12H8BrN3/c13-12-15-10-5-4-8(7-11(10)16-12)9-3-1-2-6-14-9/h1-7H,(H,15,16). The van der Waals surface area contributed by atoms with Crippen molar-refractivity contribution in [2.75, 3.05) is 0 Å². The van der Waals surface area contributed by atoms with Gasteiger partial charge in [-0.25, -0.2) is 4.98 Å². The number of imidazole rings is 1. The molecule has 4 heteroatoms. The number of H-pyrrole nitrogens is 1. The minimum atomic E-state index is 0.751. The maximum absolute atomic E-state index is 4.32. The van der Waals surface area contributed by atoms with Crippen molar-refractivity contribution in [3.05, 3.63) is 47.3 Å². The van der Waals surface area contributed by atoms with E-state index < -0.39 is 0 Å². The van der Waals surface area contributed by atoms with Crippen LogP contribution >= 0.6 is 15.9 Å². The number of aromatic amines is 1. The molecule has 0 fully saturated rings. The molecule has 0 aliphatic heterocycles. The summed E-state index contributed by atoms with van der Waals surface area (Å²) in [5, 5.41) is 0. The molecule has 0 aliphatic rings. The molecule has 16 heavy (non-hydrogen) atoms. The van der Waals surface area contributed by atoms with Crippen LogP contribution in [0.2, 0.25) is 0 Å². The van der Waals surface area contributed by atoms with Crippen LogP contribution < -0.4 is 0 Å². The first-order chi connectivity index (χ1) is 7.83. The number of aromatic nitrogens is 3. The van der Waals surface area contributed by atoms with Crippen LogP contribution in [0, 0.1) is 0 Å². The number of halogens is 1. The third-order valence-electron chi connectivity index (χ3n) is 2.41. The Morgan fingerprint density at radius 1 is 1.12 bits per heavy atom. The molecule has 0 saturated heterocycles. The van der Waals surface area contributed by atoms with Gasteiger partial charge in [0.05, 0.1) is 16.7 Å². The molecule has 0 unspecified atom stereocenters. The number of pyridine rings is 1. The molecule has 0 atom stereocenters. The zero-order valence-corrected chi connectivity index (χ0v) is 9.90. The SMILES string of the molecule is Brc1nc2ccc(-c3ccccn3)cc2[nH]1. The maximum atomic E-state index is 4.32. The van der Waals surface area contributed by atoms with Crippen molar-refractivity contribution >= 4 is 27.0 Å². The summed E-state index contributed by atoms with van der Waals surface area (Å²) in [6, 6.07) is 11.9. The van der Waals surface area contributed by atoms with Gasteiger partial charge in [-0.1, -0.05) is 12.1 Å². The van der Waals surface area contributed by atoms with Crippen LogP contribution in [0.15, 0.2) is 47.3 Å².